The van der Waals surface area contributed by atoms with Crippen molar-refractivity contribution in [2.24, 2.45) is 5.92 Å². The number of aromatic nitrogens is 2. The van der Waals surface area contributed by atoms with Crippen LogP contribution < -0.4 is 5.32 Å². The summed E-state index contributed by atoms with van der Waals surface area (Å²) in [5.41, 5.74) is 1.25. The Labute approximate surface area is 133 Å². The second kappa shape index (κ2) is 6.87. The Kier molecular flexibility index (Phi) is 5.15. The molecule has 4 nitrogen and oxygen atoms in total. The van der Waals surface area contributed by atoms with E-state index >= 15 is 0 Å². The molecule has 0 saturated carbocycles. The fourth-order valence-electron chi connectivity index (χ4n) is 2.03. The van der Waals surface area contributed by atoms with Crippen LogP contribution in [0.4, 0.5) is 0 Å². The standard InChI is InChI=1S/C15H15Cl2N3O/c1-9(2)13(10-6-4-3-5-7-10)18-15(21)11-8-12(16)19-20-14(11)17/h3-9,13H,1-2H3,(H,18,21). The summed E-state index contributed by atoms with van der Waals surface area (Å²) in [7, 11) is 0. The highest BCUT2D eigenvalue weighted by molar-refractivity contribution is 6.34. The van der Waals surface area contributed by atoms with E-state index in [0.717, 1.165) is 5.56 Å². The van der Waals surface area contributed by atoms with Gasteiger partial charge in [0.15, 0.2) is 10.3 Å². The van der Waals surface area contributed by atoms with Gasteiger partial charge >= 0.3 is 0 Å². The van der Waals surface area contributed by atoms with Crippen LogP contribution in [0.15, 0.2) is 36.4 Å². The zero-order chi connectivity index (χ0) is 15.4. The molecule has 2 rings (SSSR count). The highest BCUT2D eigenvalue weighted by atomic mass is 35.5. The first-order valence-electron chi connectivity index (χ1n) is 6.53. The van der Waals surface area contributed by atoms with Gasteiger partial charge in [-0.3, -0.25) is 4.79 Å². The Bertz CT molecular complexity index is 632. The molecule has 2 aromatic rings. The predicted molar refractivity (Wildman–Crippen MR) is 83.5 cm³/mol. The maximum absolute atomic E-state index is 12.4. The third-order valence-electron chi connectivity index (χ3n) is 3.08. The lowest BCUT2D eigenvalue weighted by atomic mass is 9.96. The van der Waals surface area contributed by atoms with Crippen molar-refractivity contribution < 1.29 is 4.79 Å². The zero-order valence-electron chi connectivity index (χ0n) is 11.7. The van der Waals surface area contributed by atoms with Gasteiger partial charge in [0, 0.05) is 0 Å². The summed E-state index contributed by atoms with van der Waals surface area (Å²) in [5.74, 6) is -0.0975. The zero-order valence-corrected chi connectivity index (χ0v) is 13.2. The maximum Gasteiger partial charge on any atom is 0.255 e. The Hall–Kier alpha value is -1.65. The number of hydrogen-bond donors (Lipinski definition) is 1. The van der Waals surface area contributed by atoms with Crippen LogP contribution >= 0.6 is 23.2 Å². The van der Waals surface area contributed by atoms with E-state index in [1.165, 1.54) is 6.07 Å². The first kappa shape index (κ1) is 15.7. The minimum atomic E-state index is -0.320. The molecule has 1 unspecified atom stereocenters. The van der Waals surface area contributed by atoms with Gasteiger partial charge in [0.25, 0.3) is 5.91 Å². The fraction of sp³-hybridized carbons (Fsp3) is 0.267. The summed E-state index contributed by atoms with van der Waals surface area (Å²) in [6, 6.07) is 11.1. The third kappa shape index (κ3) is 3.93. The molecule has 21 heavy (non-hydrogen) atoms. The van der Waals surface area contributed by atoms with Gasteiger partial charge in [-0.2, -0.15) is 0 Å². The van der Waals surface area contributed by atoms with Crippen LogP contribution in [0.1, 0.15) is 35.8 Å². The molecule has 0 aliphatic heterocycles. The monoisotopic (exact) mass is 323 g/mol. The third-order valence-corrected chi connectivity index (χ3v) is 3.54. The van der Waals surface area contributed by atoms with E-state index in [9.17, 15) is 4.79 Å². The van der Waals surface area contributed by atoms with Gasteiger partial charge in [-0.15, -0.1) is 10.2 Å². The molecule has 0 fully saturated rings. The molecule has 0 saturated heterocycles. The van der Waals surface area contributed by atoms with Gasteiger partial charge in [0.05, 0.1) is 11.6 Å². The fourth-order valence-corrected chi connectivity index (χ4v) is 2.35. The van der Waals surface area contributed by atoms with Gasteiger partial charge in [0.1, 0.15) is 0 Å². The van der Waals surface area contributed by atoms with Crippen LogP contribution in [0.2, 0.25) is 10.3 Å². The minimum Gasteiger partial charge on any atom is -0.345 e. The second-order valence-corrected chi connectivity index (χ2v) is 5.72. The van der Waals surface area contributed by atoms with E-state index in [1.807, 2.05) is 44.2 Å². The molecular weight excluding hydrogens is 309 g/mol. The molecule has 0 aliphatic carbocycles. The van der Waals surface area contributed by atoms with E-state index in [0.29, 0.717) is 0 Å². The molecule has 0 spiro atoms. The summed E-state index contributed by atoms with van der Waals surface area (Å²) in [4.78, 5) is 12.4. The number of carbonyl (C=O) groups is 1. The van der Waals surface area contributed by atoms with Crippen LogP contribution in [0.25, 0.3) is 0 Å². The molecule has 6 heteroatoms. The van der Waals surface area contributed by atoms with E-state index in [2.05, 4.69) is 15.5 Å². The van der Waals surface area contributed by atoms with Crippen LogP contribution in [0.5, 0.6) is 0 Å². The Balaban J connectivity index is 2.25. The average Bonchev–Trinajstić information content (AvgIpc) is 2.47. The quantitative estimate of drug-likeness (QED) is 0.928. The summed E-state index contributed by atoms with van der Waals surface area (Å²) < 4.78 is 0. The van der Waals surface area contributed by atoms with E-state index in [4.69, 9.17) is 23.2 Å². The molecule has 0 aliphatic rings. The summed E-state index contributed by atoms with van der Waals surface area (Å²) in [6.45, 7) is 4.08. The second-order valence-electron chi connectivity index (χ2n) is 4.98. The summed E-state index contributed by atoms with van der Waals surface area (Å²) >= 11 is 11.7. The Morgan fingerprint density at radius 1 is 1.14 bits per heavy atom. The molecular formula is C15H15Cl2N3O. The molecule has 1 aromatic carbocycles. The van der Waals surface area contributed by atoms with Crippen molar-refractivity contribution in [1.82, 2.24) is 15.5 Å². The van der Waals surface area contributed by atoms with Crippen molar-refractivity contribution in [3.8, 4) is 0 Å². The summed E-state index contributed by atoms with van der Waals surface area (Å²) in [5, 5.41) is 10.4. The van der Waals surface area contributed by atoms with Crippen LogP contribution in [0, 0.1) is 5.92 Å². The number of nitrogens with one attached hydrogen (secondary N) is 1. The van der Waals surface area contributed by atoms with Crippen molar-refractivity contribution in [1.29, 1.82) is 0 Å². The number of rotatable bonds is 4. The van der Waals surface area contributed by atoms with Gasteiger partial charge in [0.2, 0.25) is 0 Å². The van der Waals surface area contributed by atoms with Crippen LogP contribution in [0.3, 0.4) is 0 Å². The molecule has 1 N–H and O–H groups in total. The van der Waals surface area contributed by atoms with Crippen LogP contribution in [-0.2, 0) is 0 Å². The molecule has 0 radical (unpaired) electrons. The highest BCUT2D eigenvalue weighted by Gasteiger charge is 2.21. The topological polar surface area (TPSA) is 54.9 Å². The Morgan fingerprint density at radius 3 is 2.43 bits per heavy atom. The lowest BCUT2D eigenvalue weighted by Crippen LogP contribution is -2.32. The minimum absolute atomic E-state index is 0.0347. The van der Waals surface area contributed by atoms with Crippen molar-refractivity contribution in [3.05, 3.63) is 57.8 Å². The maximum atomic E-state index is 12.4. The lowest BCUT2D eigenvalue weighted by molar-refractivity contribution is 0.0925. The average molecular weight is 324 g/mol. The summed E-state index contributed by atoms with van der Waals surface area (Å²) in [6.07, 6.45) is 0. The molecule has 1 atom stereocenters. The predicted octanol–water partition coefficient (Wildman–Crippen LogP) is 3.91. The van der Waals surface area contributed by atoms with Gasteiger partial charge in [-0.25, -0.2) is 0 Å². The van der Waals surface area contributed by atoms with Crippen molar-refractivity contribution >= 4 is 29.1 Å². The molecule has 110 valence electrons. The van der Waals surface area contributed by atoms with Crippen molar-refractivity contribution in [2.45, 2.75) is 19.9 Å². The first-order valence-corrected chi connectivity index (χ1v) is 7.29. The van der Waals surface area contributed by atoms with Gasteiger partial charge in [-0.1, -0.05) is 67.4 Å². The van der Waals surface area contributed by atoms with E-state index in [-0.39, 0.29) is 33.7 Å². The number of amides is 1. The van der Waals surface area contributed by atoms with E-state index in [1.54, 1.807) is 0 Å². The smallest absolute Gasteiger partial charge is 0.255 e. The van der Waals surface area contributed by atoms with Crippen molar-refractivity contribution in [2.75, 3.05) is 0 Å². The SMILES string of the molecule is CC(C)C(NC(=O)c1cc(Cl)nnc1Cl)c1ccccc1. The number of hydrogen-bond acceptors (Lipinski definition) is 3. The number of halogens is 2. The highest BCUT2D eigenvalue weighted by Crippen LogP contribution is 2.23. The van der Waals surface area contributed by atoms with Gasteiger partial charge in [-0.05, 0) is 17.5 Å². The number of nitrogens with zero attached hydrogens (tertiary/aromatic N) is 2. The van der Waals surface area contributed by atoms with E-state index < -0.39 is 0 Å². The van der Waals surface area contributed by atoms with Crippen molar-refractivity contribution in [3.63, 3.8) is 0 Å². The normalized spacial score (nSPS) is 12.2. The molecule has 1 aromatic heterocycles. The molecule has 0 bridgehead atoms. The first-order chi connectivity index (χ1) is 9.99. The molecule has 1 amide bonds. The van der Waals surface area contributed by atoms with Gasteiger partial charge < -0.3 is 5.32 Å². The largest absolute Gasteiger partial charge is 0.345 e. The van der Waals surface area contributed by atoms with Crippen LogP contribution in [-0.4, -0.2) is 16.1 Å². The lowest BCUT2D eigenvalue weighted by Gasteiger charge is -2.23. The Morgan fingerprint density at radius 2 is 1.81 bits per heavy atom. The molecule has 1 heterocycles. The number of benzene rings is 1. The number of carbonyl (C=O) groups excluding carboxylic acids is 1.